The fourth-order valence-electron chi connectivity index (χ4n) is 3.26. The Kier molecular flexibility index (Phi) is 13.4. The van der Waals surface area contributed by atoms with E-state index in [9.17, 15) is 24.3 Å². The molecule has 0 saturated heterocycles. The number of carboxylic acids is 1. The lowest BCUT2D eigenvalue weighted by atomic mass is 9.86. The van der Waals surface area contributed by atoms with E-state index < -0.39 is 48.1 Å². The third-order valence-electron chi connectivity index (χ3n) is 6.77. The van der Waals surface area contributed by atoms with Crippen molar-refractivity contribution in [2.75, 3.05) is 0 Å². The molecule has 226 valence electrons. The fourth-order valence-corrected chi connectivity index (χ4v) is 3.26. The van der Waals surface area contributed by atoms with E-state index in [2.05, 4.69) is 0 Å². The molecular formula is C29H45NO10. The first kappa shape index (κ1) is 34.7. The van der Waals surface area contributed by atoms with Crippen molar-refractivity contribution in [2.45, 2.75) is 105 Å². The van der Waals surface area contributed by atoms with Gasteiger partial charge in [0.05, 0.1) is 5.92 Å². The molecule has 0 aliphatic rings. The number of benzene rings is 1. The van der Waals surface area contributed by atoms with Gasteiger partial charge in [-0.2, -0.15) is 0 Å². The minimum atomic E-state index is -1.83. The average molecular weight is 568 g/mol. The topological polar surface area (TPSA) is 161 Å². The van der Waals surface area contributed by atoms with Crippen LogP contribution in [0.1, 0.15) is 80.7 Å². The van der Waals surface area contributed by atoms with Crippen LogP contribution in [0.25, 0.3) is 0 Å². The van der Waals surface area contributed by atoms with Gasteiger partial charge in [0, 0.05) is 12.8 Å². The molecule has 0 aromatic heterocycles. The number of rotatable bonds is 14. The van der Waals surface area contributed by atoms with E-state index in [4.69, 9.17) is 29.4 Å². The van der Waals surface area contributed by atoms with Crippen LogP contribution in [-0.2, 0) is 30.2 Å². The molecule has 40 heavy (non-hydrogen) atoms. The number of carboxylic acid groups (broad SMARTS) is 1. The molecular weight excluding hydrogens is 522 g/mol. The van der Waals surface area contributed by atoms with Crippen LogP contribution >= 0.6 is 0 Å². The van der Waals surface area contributed by atoms with Gasteiger partial charge in [-0.25, -0.2) is 9.59 Å². The summed E-state index contributed by atoms with van der Waals surface area (Å²) in [5.74, 6) is -2.33. The van der Waals surface area contributed by atoms with E-state index in [-0.39, 0.29) is 42.1 Å². The molecule has 0 aliphatic carbocycles. The molecule has 5 atom stereocenters. The second-order valence-corrected chi connectivity index (χ2v) is 11.0. The van der Waals surface area contributed by atoms with Crippen molar-refractivity contribution in [3.63, 3.8) is 0 Å². The summed E-state index contributed by atoms with van der Waals surface area (Å²) >= 11 is 0. The van der Waals surface area contributed by atoms with Crippen molar-refractivity contribution in [3.8, 4) is 11.5 Å². The van der Waals surface area contributed by atoms with E-state index in [0.717, 1.165) is 0 Å². The minimum absolute atomic E-state index is 0.0203. The quantitative estimate of drug-likeness (QED) is 0.166. The maximum absolute atomic E-state index is 12.5. The highest BCUT2D eigenvalue weighted by Crippen LogP contribution is 2.32. The summed E-state index contributed by atoms with van der Waals surface area (Å²) in [4.78, 5) is 49.2. The van der Waals surface area contributed by atoms with Crippen LogP contribution in [0.5, 0.6) is 11.5 Å². The number of ether oxygens (including phenoxy) is 5. The van der Waals surface area contributed by atoms with Crippen molar-refractivity contribution >= 4 is 24.2 Å². The van der Waals surface area contributed by atoms with Gasteiger partial charge in [-0.1, -0.05) is 47.6 Å². The highest BCUT2D eigenvalue weighted by atomic mass is 16.7. The summed E-state index contributed by atoms with van der Waals surface area (Å²) in [7, 11) is 0. The molecule has 0 radical (unpaired) electrons. The Labute approximate surface area is 236 Å². The molecule has 4 unspecified atom stereocenters. The zero-order valence-electron chi connectivity index (χ0n) is 25.0. The van der Waals surface area contributed by atoms with Gasteiger partial charge < -0.3 is 34.5 Å². The molecule has 1 aromatic rings. The van der Waals surface area contributed by atoms with Crippen LogP contribution in [-0.4, -0.2) is 53.2 Å². The molecule has 1 rings (SSSR count). The molecule has 3 N–H and O–H groups in total. The number of nitrogens with two attached hydrogens (primary N) is 1. The zero-order chi connectivity index (χ0) is 30.8. The maximum atomic E-state index is 12.5. The summed E-state index contributed by atoms with van der Waals surface area (Å²) in [5.41, 5.74) is 4.82. The van der Waals surface area contributed by atoms with Crippen LogP contribution in [0.4, 0.5) is 9.59 Å². The van der Waals surface area contributed by atoms with Gasteiger partial charge in [-0.05, 0) is 56.7 Å². The standard InChI is InChI=1S/C29H45NO10/c1-10-18(6)25(31)36-19(7)14-29(30,26(32)33)15-22-11-12-23(39-27(34)37-20(8)16(2)3)24(13-22)40-28(35)38-21(9)17(4)5/h11-13,16-21H,10,14-15,30H2,1-9H3,(H,32,33)/t18?,19-,20?,21?,29?/m0/s1. The molecule has 0 spiro atoms. The van der Waals surface area contributed by atoms with E-state index >= 15 is 0 Å². The highest BCUT2D eigenvalue weighted by molar-refractivity contribution is 5.79. The normalized spacial score (nSPS) is 15.8. The predicted molar refractivity (Wildman–Crippen MR) is 147 cm³/mol. The lowest BCUT2D eigenvalue weighted by Gasteiger charge is -2.28. The first-order valence-corrected chi connectivity index (χ1v) is 13.6. The SMILES string of the molecule is CCC(C)C(=O)O[C@@H](C)CC(N)(Cc1ccc(OC(=O)OC(C)C(C)C)c(OC(=O)OC(C)C(C)C)c1)C(=O)O. The average Bonchev–Trinajstić information content (AvgIpc) is 2.84. The molecule has 0 aliphatic heterocycles. The van der Waals surface area contributed by atoms with Gasteiger partial charge in [0.25, 0.3) is 0 Å². The number of carbonyl (C=O) groups excluding carboxylic acids is 3. The number of carbonyl (C=O) groups is 4. The van der Waals surface area contributed by atoms with Gasteiger partial charge in [-0.3, -0.25) is 9.59 Å². The number of esters is 1. The molecule has 1 aromatic carbocycles. The van der Waals surface area contributed by atoms with Gasteiger partial charge in [0.1, 0.15) is 23.9 Å². The molecule has 11 heteroatoms. The Morgan fingerprint density at radius 2 is 1.32 bits per heavy atom. The highest BCUT2D eigenvalue weighted by Gasteiger charge is 2.37. The number of aliphatic carboxylic acids is 1. The Morgan fingerprint density at radius 1 is 0.825 bits per heavy atom. The number of hydrogen-bond acceptors (Lipinski definition) is 10. The second kappa shape index (κ2) is 15.4. The van der Waals surface area contributed by atoms with Gasteiger partial charge in [-0.15, -0.1) is 0 Å². The first-order chi connectivity index (χ1) is 18.5. The van der Waals surface area contributed by atoms with E-state index in [1.165, 1.54) is 18.2 Å². The van der Waals surface area contributed by atoms with Crippen LogP contribution in [0.15, 0.2) is 18.2 Å². The van der Waals surface area contributed by atoms with Crippen molar-refractivity contribution in [3.05, 3.63) is 23.8 Å². The molecule has 0 heterocycles. The van der Waals surface area contributed by atoms with Crippen LogP contribution in [0.3, 0.4) is 0 Å². The van der Waals surface area contributed by atoms with E-state index in [1.807, 2.05) is 34.6 Å². The maximum Gasteiger partial charge on any atom is 0.514 e. The Hall–Kier alpha value is -3.34. The van der Waals surface area contributed by atoms with Gasteiger partial charge in [0.2, 0.25) is 0 Å². The molecule has 0 saturated carbocycles. The van der Waals surface area contributed by atoms with Gasteiger partial charge >= 0.3 is 24.2 Å². The fraction of sp³-hybridized carbons (Fsp3) is 0.655. The van der Waals surface area contributed by atoms with Crippen molar-refractivity contribution in [2.24, 2.45) is 23.5 Å². The Morgan fingerprint density at radius 3 is 1.77 bits per heavy atom. The third kappa shape index (κ3) is 11.0. The molecule has 0 fully saturated rings. The van der Waals surface area contributed by atoms with E-state index in [1.54, 1.807) is 27.7 Å². The summed E-state index contributed by atoms with van der Waals surface area (Å²) in [6, 6.07) is 4.18. The smallest absolute Gasteiger partial charge is 0.480 e. The lowest BCUT2D eigenvalue weighted by molar-refractivity contribution is -0.156. The lowest BCUT2D eigenvalue weighted by Crippen LogP contribution is -2.52. The van der Waals surface area contributed by atoms with Crippen LogP contribution < -0.4 is 15.2 Å². The monoisotopic (exact) mass is 567 g/mol. The number of hydrogen-bond donors (Lipinski definition) is 2. The Balaban J connectivity index is 3.25. The van der Waals surface area contributed by atoms with E-state index in [0.29, 0.717) is 12.0 Å². The largest absolute Gasteiger partial charge is 0.514 e. The molecule has 0 bridgehead atoms. The zero-order valence-corrected chi connectivity index (χ0v) is 25.0. The second-order valence-electron chi connectivity index (χ2n) is 11.0. The van der Waals surface area contributed by atoms with Crippen molar-refractivity contribution in [1.29, 1.82) is 0 Å². The summed E-state index contributed by atoms with van der Waals surface area (Å²) in [5, 5.41) is 9.94. The molecule has 11 nitrogen and oxygen atoms in total. The minimum Gasteiger partial charge on any atom is -0.480 e. The molecule has 0 amide bonds. The van der Waals surface area contributed by atoms with Crippen molar-refractivity contribution in [1.82, 2.24) is 0 Å². The summed E-state index contributed by atoms with van der Waals surface area (Å²) in [6.45, 7) is 16.0. The summed E-state index contributed by atoms with van der Waals surface area (Å²) in [6.07, 6.45) is -3.50. The van der Waals surface area contributed by atoms with Crippen LogP contribution in [0, 0.1) is 17.8 Å². The van der Waals surface area contributed by atoms with Crippen molar-refractivity contribution < 1.29 is 48.0 Å². The predicted octanol–water partition coefficient (Wildman–Crippen LogP) is 5.50. The third-order valence-corrected chi connectivity index (χ3v) is 6.77. The summed E-state index contributed by atoms with van der Waals surface area (Å²) < 4.78 is 26.6. The van der Waals surface area contributed by atoms with Crippen LogP contribution in [0.2, 0.25) is 0 Å². The first-order valence-electron chi connectivity index (χ1n) is 13.6. The Bertz CT molecular complexity index is 1020. The van der Waals surface area contributed by atoms with Gasteiger partial charge in [0.15, 0.2) is 11.5 Å².